The highest BCUT2D eigenvalue weighted by Gasteiger charge is 2.20. The standard InChI is InChI=1S/C18H19FN2O4S/c19-14-3-1-4-15(11-14)21-18(22)13-6-8-17(9-7-13)26(23,24)20-12-16-5-2-10-25-16/h1,3-4,6-9,11,16,20H,2,5,10,12H2,(H,21,22)/t16-/m0/s1. The summed E-state index contributed by atoms with van der Waals surface area (Å²) >= 11 is 0. The van der Waals surface area contributed by atoms with Crippen molar-refractivity contribution < 1.29 is 22.3 Å². The number of nitrogens with one attached hydrogen (secondary N) is 2. The van der Waals surface area contributed by atoms with E-state index in [2.05, 4.69) is 10.0 Å². The molecule has 0 aromatic heterocycles. The second kappa shape index (κ2) is 7.94. The molecule has 0 unspecified atom stereocenters. The number of hydrogen-bond acceptors (Lipinski definition) is 4. The van der Waals surface area contributed by atoms with Crippen LogP contribution in [0.3, 0.4) is 0 Å². The molecular weight excluding hydrogens is 359 g/mol. The molecule has 8 heteroatoms. The summed E-state index contributed by atoms with van der Waals surface area (Å²) in [6.45, 7) is 0.881. The van der Waals surface area contributed by atoms with Gasteiger partial charge in [-0.15, -0.1) is 0 Å². The van der Waals surface area contributed by atoms with Crippen molar-refractivity contribution in [2.24, 2.45) is 0 Å². The van der Waals surface area contributed by atoms with Crippen LogP contribution in [0.5, 0.6) is 0 Å². The van der Waals surface area contributed by atoms with Gasteiger partial charge in [0.05, 0.1) is 11.0 Å². The van der Waals surface area contributed by atoms with Crippen LogP contribution in [0.2, 0.25) is 0 Å². The predicted molar refractivity (Wildman–Crippen MR) is 95.0 cm³/mol. The Morgan fingerprint density at radius 3 is 2.62 bits per heavy atom. The molecule has 26 heavy (non-hydrogen) atoms. The number of sulfonamides is 1. The van der Waals surface area contributed by atoms with E-state index in [4.69, 9.17) is 4.74 Å². The van der Waals surface area contributed by atoms with Crippen LogP contribution in [0.25, 0.3) is 0 Å². The monoisotopic (exact) mass is 378 g/mol. The third-order valence-electron chi connectivity index (χ3n) is 4.03. The number of anilines is 1. The molecule has 1 saturated heterocycles. The molecule has 3 rings (SSSR count). The van der Waals surface area contributed by atoms with Gasteiger partial charge in [0.1, 0.15) is 5.82 Å². The quantitative estimate of drug-likeness (QED) is 0.809. The Hall–Kier alpha value is -2.29. The third-order valence-corrected chi connectivity index (χ3v) is 5.47. The van der Waals surface area contributed by atoms with E-state index in [1.54, 1.807) is 6.07 Å². The maximum atomic E-state index is 13.2. The molecular formula is C18H19FN2O4S. The molecule has 1 atom stereocenters. The van der Waals surface area contributed by atoms with Crippen molar-refractivity contribution in [1.82, 2.24) is 4.72 Å². The molecule has 2 aromatic rings. The lowest BCUT2D eigenvalue weighted by Crippen LogP contribution is -2.31. The number of carbonyl (C=O) groups is 1. The number of amides is 1. The van der Waals surface area contributed by atoms with Gasteiger partial charge in [0.25, 0.3) is 5.91 Å². The fraction of sp³-hybridized carbons (Fsp3) is 0.278. The van der Waals surface area contributed by atoms with Gasteiger partial charge < -0.3 is 10.1 Å². The SMILES string of the molecule is O=C(Nc1cccc(F)c1)c1ccc(S(=O)(=O)NC[C@@H]2CCCO2)cc1. The van der Waals surface area contributed by atoms with Crippen molar-refractivity contribution in [1.29, 1.82) is 0 Å². The zero-order valence-electron chi connectivity index (χ0n) is 13.9. The fourth-order valence-corrected chi connectivity index (χ4v) is 3.71. The molecule has 0 saturated carbocycles. The van der Waals surface area contributed by atoms with Crippen molar-refractivity contribution in [2.45, 2.75) is 23.8 Å². The molecule has 1 fully saturated rings. The molecule has 1 heterocycles. The summed E-state index contributed by atoms with van der Waals surface area (Å²) in [5, 5.41) is 2.56. The molecule has 138 valence electrons. The van der Waals surface area contributed by atoms with E-state index in [0.717, 1.165) is 12.8 Å². The molecule has 0 spiro atoms. The predicted octanol–water partition coefficient (Wildman–Crippen LogP) is 2.54. The normalized spacial score (nSPS) is 17.2. The highest BCUT2D eigenvalue weighted by molar-refractivity contribution is 7.89. The van der Waals surface area contributed by atoms with E-state index >= 15 is 0 Å². The summed E-state index contributed by atoms with van der Waals surface area (Å²) in [5.41, 5.74) is 0.595. The molecule has 2 aromatic carbocycles. The maximum absolute atomic E-state index is 13.2. The van der Waals surface area contributed by atoms with Gasteiger partial charge in [-0.05, 0) is 55.3 Å². The van der Waals surface area contributed by atoms with E-state index in [1.165, 1.54) is 42.5 Å². The first-order chi connectivity index (χ1) is 12.4. The van der Waals surface area contributed by atoms with Crippen molar-refractivity contribution >= 4 is 21.6 Å². The van der Waals surface area contributed by atoms with Crippen molar-refractivity contribution in [3.05, 3.63) is 59.9 Å². The molecule has 0 aliphatic carbocycles. The lowest BCUT2D eigenvalue weighted by atomic mass is 10.2. The van der Waals surface area contributed by atoms with E-state index in [-0.39, 0.29) is 23.1 Å². The van der Waals surface area contributed by atoms with Crippen LogP contribution in [-0.4, -0.2) is 33.6 Å². The summed E-state index contributed by atoms with van der Waals surface area (Å²) in [6, 6.07) is 11.1. The van der Waals surface area contributed by atoms with Crippen LogP contribution in [-0.2, 0) is 14.8 Å². The molecule has 2 N–H and O–H groups in total. The van der Waals surface area contributed by atoms with Crippen molar-refractivity contribution in [3.63, 3.8) is 0 Å². The van der Waals surface area contributed by atoms with Gasteiger partial charge >= 0.3 is 0 Å². The first kappa shape index (κ1) is 18.5. The van der Waals surface area contributed by atoms with Gasteiger partial charge in [-0.1, -0.05) is 6.07 Å². The first-order valence-corrected chi connectivity index (χ1v) is 9.71. The van der Waals surface area contributed by atoms with Crippen LogP contribution in [0, 0.1) is 5.82 Å². The minimum Gasteiger partial charge on any atom is -0.377 e. The van der Waals surface area contributed by atoms with Gasteiger partial charge in [-0.2, -0.15) is 0 Å². The number of halogens is 1. The smallest absolute Gasteiger partial charge is 0.255 e. The van der Waals surface area contributed by atoms with Crippen molar-refractivity contribution in [2.75, 3.05) is 18.5 Å². The van der Waals surface area contributed by atoms with Crippen LogP contribution in [0.15, 0.2) is 53.4 Å². The van der Waals surface area contributed by atoms with E-state index in [9.17, 15) is 17.6 Å². The Kier molecular flexibility index (Phi) is 5.65. The average Bonchev–Trinajstić information content (AvgIpc) is 3.14. The lowest BCUT2D eigenvalue weighted by molar-refractivity contribution is 0.102. The molecule has 0 bridgehead atoms. The second-order valence-corrected chi connectivity index (χ2v) is 7.74. The van der Waals surface area contributed by atoms with E-state index in [1.807, 2.05) is 0 Å². The number of hydrogen-bond donors (Lipinski definition) is 2. The largest absolute Gasteiger partial charge is 0.377 e. The molecule has 6 nitrogen and oxygen atoms in total. The Morgan fingerprint density at radius 2 is 1.96 bits per heavy atom. The molecule has 1 aliphatic heterocycles. The lowest BCUT2D eigenvalue weighted by Gasteiger charge is -2.12. The van der Waals surface area contributed by atoms with Gasteiger partial charge in [0, 0.05) is 24.4 Å². The summed E-state index contributed by atoms with van der Waals surface area (Å²) < 4.78 is 45.6. The number of rotatable bonds is 6. The molecule has 0 radical (unpaired) electrons. The Bertz CT molecular complexity index is 878. The summed E-state index contributed by atoms with van der Waals surface area (Å²) in [6.07, 6.45) is 1.67. The first-order valence-electron chi connectivity index (χ1n) is 8.22. The average molecular weight is 378 g/mol. The van der Waals surface area contributed by atoms with Crippen LogP contribution < -0.4 is 10.0 Å². The molecule has 1 amide bonds. The Labute approximate surface area is 151 Å². The minimum atomic E-state index is -3.67. The second-order valence-electron chi connectivity index (χ2n) is 5.98. The van der Waals surface area contributed by atoms with Crippen molar-refractivity contribution in [3.8, 4) is 0 Å². The topological polar surface area (TPSA) is 84.5 Å². The summed E-state index contributed by atoms with van der Waals surface area (Å²) in [5.74, 6) is -0.909. The number of carbonyl (C=O) groups excluding carboxylic acids is 1. The zero-order chi connectivity index (χ0) is 18.6. The van der Waals surface area contributed by atoms with Crippen LogP contribution >= 0.6 is 0 Å². The van der Waals surface area contributed by atoms with Gasteiger partial charge in [-0.25, -0.2) is 17.5 Å². The highest BCUT2D eigenvalue weighted by Crippen LogP contribution is 2.15. The number of benzene rings is 2. The summed E-state index contributed by atoms with van der Waals surface area (Å²) in [7, 11) is -3.67. The van der Waals surface area contributed by atoms with Gasteiger partial charge in [0.15, 0.2) is 0 Å². The van der Waals surface area contributed by atoms with Gasteiger partial charge in [0.2, 0.25) is 10.0 Å². The van der Waals surface area contributed by atoms with E-state index in [0.29, 0.717) is 12.3 Å². The van der Waals surface area contributed by atoms with Crippen LogP contribution in [0.1, 0.15) is 23.2 Å². The fourth-order valence-electron chi connectivity index (χ4n) is 2.65. The Balaban J connectivity index is 1.64. The van der Waals surface area contributed by atoms with E-state index < -0.39 is 21.7 Å². The van der Waals surface area contributed by atoms with Gasteiger partial charge in [-0.3, -0.25) is 4.79 Å². The maximum Gasteiger partial charge on any atom is 0.255 e. The zero-order valence-corrected chi connectivity index (χ0v) is 14.8. The van der Waals surface area contributed by atoms with Crippen LogP contribution in [0.4, 0.5) is 10.1 Å². The third kappa shape index (κ3) is 4.66. The summed E-state index contributed by atoms with van der Waals surface area (Å²) in [4.78, 5) is 12.2. The number of ether oxygens (including phenoxy) is 1. The highest BCUT2D eigenvalue weighted by atomic mass is 32.2. The molecule has 1 aliphatic rings. The minimum absolute atomic E-state index is 0.0674. The Morgan fingerprint density at radius 1 is 1.19 bits per heavy atom.